The minimum atomic E-state index is -0.305. The molecule has 20 heavy (non-hydrogen) atoms. The van der Waals surface area contributed by atoms with Crippen molar-refractivity contribution in [2.45, 2.75) is 6.42 Å². The van der Waals surface area contributed by atoms with Gasteiger partial charge in [-0.05, 0) is 29.8 Å². The number of halogens is 1. The Morgan fingerprint density at radius 3 is 2.75 bits per heavy atom. The Balaban J connectivity index is 2.12. The summed E-state index contributed by atoms with van der Waals surface area (Å²) in [5, 5.41) is 0. The first-order valence-corrected chi connectivity index (χ1v) is 6.34. The molecule has 0 fully saturated rings. The van der Waals surface area contributed by atoms with Crippen LogP contribution in [0.1, 0.15) is 11.3 Å². The fraction of sp³-hybridized carbons (Fsp3) is 0.125. The Bertz CT molecular complexity index is 839. The minimum absolute atomic E-state index is 0.145. The summed E-state index contributed by atoms with van der Waals surface area (Å²) in [6.07, 6.45) is 0.329. The van der Waals surface area contributed by atoms with E-state index in [0.29, 0.717) is 12.1 Å². The fourth-order valence-corrected chi connectivity index (χ4v) is 2.29. The summed E-state index contributed by atoms with van der Waals surface area (Å²) < 4.78 is 14.8. The third-order valence-electron chi connectivity index (χ3n) is 3.31. The Labute approximate surface area is 115 Å². The maximum Gasteiger partial charge on any atom is 0.272 e. The lowest BCUT2D eigenvalue weighted by molar-refractivity contribution is 0.626. The SMILES string of the molecule is Cn1c(=O)c(Cc2cccc(F)c2)nc2ccccc21. The van der Waals surface area contributed by atoms with E-state index in [2.05, 4.69) is 4.98 Å². The first kappa shape index (κ1) is 12.5. The van der Waals surface area contributed by atoms with Gasteiger partial charge in [-0.1, -0.05) is 24.3 Å². The Hall–Kier alpha value is -2.49. The molecule has 0 saturated carbocycles. The number of para-hydroxylation sites is 2. The van der Waals surface area contributed by atoms with E-state index >= 15 is 0 Å². The van der Waals surface area contributed by atoms with E-state index in [9.17, 15) is 9.18 Å². The molecule has 0 bridgehead atoms. The zero-order valence-electron chi connectivity index (χ0n) is 11.0. The van der Waals surface area contributed by atoms with Crippen LogP contribution in [0.25, 0.3) is 11.0 Å². The van der Waals surface area contributed by atoms with Crippen LogP contribution in [0.3, 0.4) is 0 Å². The van der Waals surface area contributed by atoms with Crippen LogP contribution < -0.4 is 5.56 Å². The molecule has 0 aliphatic heterocycles. The summed E-state index contributed by atoms with van der Waals surface area (Å²) in [5.74, 6) is -0.305. The van der Waals surface area contributed by atoms with Gasteiger partial charge in [0.1, 0.15) is 11.5 Å². The van der Waals surface area contributed by atoms with Crippen molar-refractivity contribution in [2.75, 3.05) is 0 Å². The second kappa shape index (κ2) is 4.89. The van der Waals surface area contributed by atoms with Gasteiger partial charge in [-0.3, -0.25) is 4.79 Å². The van der Waals surface area contributed by atoms with Crippen molar-refractivity contribution in [1.82, 2.24) is 9.55 Å². The van der Waals surface area contributed by atoms with E-state index in [1.807, 2.05) is 24.3 Å². The van der Waals surface area contributed by atoms with Gasteiger partial charge < -0.3 is 4.57 Å². The van der Waals surface area contributed by atoms with Crippen LogP contribution in [0, 0.1) is 5.82 Å². The highest BCUT2D eigenvalue weighted by Crippen LogP contribution is 2.12. The molecule has 0 atom stereocenters. The molecule has 0 spiro atoms. The average Bonchev–Trinajstić information content (AvgIpc) is 2.45. The molecule has 0 amide bonds. The molecule has 0 radical (unpaired) electrons. The fourth-order valence-electron chi connectivity index (χ4n) is 2.29. The summed E-state index contributed by atoms with van der Waals surface area (Å²) in [5.41, 5.74) is 2.58. The number of aromatic nitrogens is 2. The second-order valence-corrected chi connectivity index (χ2v) is 4.72. The molecule has 2 aromatic carbocycles. The van der Waals surface area contributed by atoms with Crippen molar-refractivity contribution in [1.29, 1.82) is 0 Å². The largest absolute Gasteiger partial charge is 0.308 e. The highest BCUT2D eigenvalue weighted by atomic mass is 19.1. The third kappa shape index (κ3) is 2.20. The molecule has 3 aromatic rings. The van der Waals surface area contributed by atoms with Crippen molar-refractivity contribution in [3.63, 3.8) is 0 Å². The minimum Gasteiger partial charge on any atom is -0.308 e. The molecule has 4 heteroatoms. The van der Waals surface area contributed by atoms with Gasteiger partial charge in [0.05, 0.1) is 11.0 Å². The molecule has 3 rings (SSSR count). The molecule has 0 aliphatic rings. The van der Waals surface area contributed by atoms with Crippen LogP contribution in [0.4, 0.5) is 4.39 Å². The Morgan fingerprint density at radius 2 is 1.95 bits per heavy atom. The maximum absolute atomic E-state index is 13.2. The Morgan fingerprint density at radius 1 is 1.15 bits per heavy atom. The zero-order valence-corrected chi connectivity index (χ0v) is 11.0. The highest BCUT2D eigenvalue weighted by molar-refractivity contribution is 5.74. The molecule has 0 saturated heterocycles. The summed E-state index contributed by atoms with van der Waals surface area (Å²) in [4.78, 5) is 16.7. The van der Waals surface area contributed by atoms with Crippen LogP contribution in [-0.2, 0) is 13.5 Å². The van der Waals surface area contributed by atoms with Crippen molar-refractivity contribution < 1.29 is 4.39 Å². The van der Waals surface area contributed by atoms with Crippen molar-refractivity contribution in [3.05, 3.63) is 76.0 Å². The van der Waals surface area contributed by atoms with Gasteiger partial charge in [0.15, 0.2) is 0 Å². The van der Waals surface area contributed by atoms with E-state index in [-0.39, 0.29) is 11.4 Å². The highest BCUT2D eigenvalue weighted by Gasteiger charge is 2.09. The lowest BCUT2D eigenvalue weighted by Gasteiger charge is -2.07. The number of nitrogens with zero attached hydrogens (tertiary/aromatic N) is 2. The topological polar surface area (TPSA) is 34.9 Å². The molecule has 0 N–H and O–H groups in total. The van der Waals surface area contributed by atoms with E-state index in [1.54, 1.807) is 23.7 Å². The smallest absolute Gasteiger partial charge is 0.272 e. The van der Waals surface area contributed by atoms with Crippen molar-refractivity contribution in [2.24, 2.45) is 7.05 Å². The first-order valence-electron chi connectivity index (χ1n) is 6.34. The normalized spacial score (nSPS) is 10.9. The average molecular weight is 268 g/mol. The number of benzene rings is 2. The monoisotopic (exact) mass is 268 g/mol. The van der Waals surface area contributed by atoms with E-state index in [0.717, 1.165) is 16.6 Å². The van der Waals surface area contributed by atoms with Crippen LogP contribution in [0.2, 0.25) is 0 Å². The van der Waals surface area contributed by atoms with Gasteiger partial charge in [0.2, 0.25) is 0 Å². The maximum atomic E-state index is 13.2. The molecular weight excluding hydrogens is 255 g/mol. The molecule has 3 nitrogen and oxygen atoms in total. The lowest BCUT2D eigenvalue weighted by atomic mass is 10.1. The first-order chi connectivity index (χ1) is 9.65. The number of aryl methyl sites for hydroxylation is 1. The van der Waals surface area contributed by atoms with Gasteiger partial charge in [-0.15, -0.1) is 0 Å². The van der Waals surface area contributed by atoms with E-state index in [1.165, 1.54) is 12.1 Å². The molecular formula is C16H13FN2O. The quantitative estimate of drug-likeness (QED) is 0.716. The standard InChI is InChI=1S/C16H13FN2O/c1-19-15-8-3-2-7-13(15)18-14(16(19)20)10-11-5-4-6-12(17)9-11/h2-9H,10H2,1H3. The molecule has 100 valence electrons. The van der Waals surface area contributed by atoms with Gasteiger partial charge >= 0.3 is 0 Å². The van der Waals surface area contributed by atoms with Crippen LogP contribution in [-0.4, -0.2) is 9.55 Å². The van der Waals surface area contributed by atoms with Gasteiger partial charge in [-0.2, -0.15) is 0 Å². The third-order valence-corrected chi connectivity index (χ3v) is 3.31. The van der Waals surface area contributed by atoms with Crippen LogP contribution >= 0.6 is 0 Å². The molecule has 1 heterocycles. The van der Waals surface area contributed by atoms with Crippen LogP contribution in [0.15, 0.2) is 53.3 Å². The van der Waals surface area contributed by atoms with E-state index in [4.69, 9.17) is 0 Å². The second-order valence-electron chi connectivity index (χ2n) is 4.72. The summed E-state index contributed by atoms with van der Waals surface area (Å²) in [6, 6.07) is 13.7. The number of fused-ring (bicyclic) bond motifs is 1. The van der Waals surface area contributed by atoms with Gasteiger partial charge in [0, 0.05) is 13.5 Å². The summed E-state index contributed by atoms with van der Waals surface area (Å²) >= 11 is 0. The predicted molar refractivity (Wildman–Crippen MR) is 76.2 cm³/mol. The van der Waals surface area contributed by atoms with Crippen molar-refractivity contribution in [3.8, 4) is 0 Å². The Kier molecular flexibility index (Phi) is 3.06. The predicted octanol–water partition coefficient (Wildman–Crippen LogP) is 2.66. The zero-order chi connectivity index (χ0) is 14.1. The number of rotatable bonds is 2. The van der Waals surface area contributed by atoms with Gasteiger partial charge in [0.25, 0.3) is 5.56 Å². The van der Waals surface area contributed by atoms with Crippen LogP contribution in [0.5, 0.6) is 0 Å². The summed E-state index contributed by atoms with van der Waals surface area (Å²) in [7, 11) is 1.72. The molecule has 0 unspecified atom stereocenters. The molecule has 0 aliphatic carbocycles. The number of hydrogen-bond donors (Lipinski definition) is 0. The summed E-state index contributed by atoms with van der Waals surface area (Å²) in [6.45, 7) is 0. The van der Waals surface area contributed by atoms with Gasteiger partial charge in [-0.25, -0.2) is 9.37 Å². The molecule has 1 aromatic heterocycles. The number of hydrogen-bond acceptors (Lipinski definition) is 2. The van der Waals surface area contributed by atoms with E-state index < -0.39 is 0 Å². The lowest BCUT2D eigenvalue weighted by Crippen LogP contribution is -2.23. The van der Waals surface area contributed by atoms with Crippen molar-refractivity contribution >= 4 is 11.0 Å².